The third kappa shape index (κ3) is 3.29. The fraction of sp³-hybridized carbons (Fsp3) is 0.211. The van der Waals surface area contributed by atoms with Crippen LogP contribution in [0, 0.1) is 10.1 Å². The normalized spacial score (nSPS) is 16.3. The van der Waals surface area contributed by atoms with Gasteiger partial charge in [0.2, 0.25) is 5.69 Å². The van der Waals surface area contributed by atoms with E-state index in [0.717, 1.165) is 11.2 Å². The number of anilines is 1. The summed E-state index contributed by atoms with van der Waals surface area (Å²) in [6, 6.07) is 15.8. The highest BCUT2D eigenvalue weighted by Crippen LogP contribution is 2.31. The molecule has 1 fully saturated rings. The molecule has 1 atom stereocenters. The van der Waals surface area contributed by atoms with E-state index < -0.39 is 10.9 Å². The molecule has 0 aliphatic carbocycles. The monoisotopic (exact) mass is 379 g/mol. The van der Waals surface area contributed by atoms with Gasteiger partial charge in [-0.25, -0.2) is 4.79 Å². The van der Waals surface area contributed by atoms with E-state index in [2.05, 4.69) is 22.3 Å². The Labute approximate surface area is 160 Å². The largest absolute Gasteiger partial charge is 0.476 e. The van der Waals surface area contributed by atoms with Gasteiger partial charge in [0.05, 0.1) is 10.6 Å². The molecule has 1 unspecified atom stereocenters. The van der Waals surface area contributed by atoms with E-state index in [4.69, 9.17) is 0 Å². The SMILES string of the molecule is O=C(O)c1nn(-c2cccc([N+](=O)[O-])c2)nc1N1CCC(c2ccccc2)C1. The highest BCUT2D eigenvalue weighted by atomic mass is 16.6. The van der Waals surface area contributed by atoms with Crippen LogP contribution in [0.2, 0.25) is 0 Å². The van der Waals surface area contributed by atoms with E-state index in [0.29, 0.717) is 18.8 Å². The maximum atomic E-state index is 11.7. The van der Waals surface area contributed by atoms with Crippen molar-refractivity contribution in [2.45, 2.75) is 12.3 Å². The van der Waals surface area contributed by atoms with Crippen molar-refractivity contribution in [3.8, 4) is 5.69 Å². The summed E-state index contributed by atoms with van der Waals surface area (Å²) in [7, 11) is 0. The number of non-ortho nitro benzene ring substituents is 1. The lowest BCUT2D eigenvalue weighted by Gasteiger charge is -2.16. The zero-order valence-corrected chi connectivity index (χ0v) is 14.8. The topological polar surface area (TPSA) is 114 Å². The lowest BCUT2D eigenvalue weighted by atomic mass is 9.99. The molecule has 3 aromatic rings. The molecule has 9 nitrogen and oxygen atoms in total. The smallest absolute Gasteiger partial charge is 0.360 e. The fourth-order valence-electron chi connectivity index (χ4n) is 3.45. The van der Waals surface area contributed by atoms with E-state index in [1.54, 1.807) is 6.07 Å². The zero-order valence-electron chi connectivity index (χ0n) is 14.8. The first-order valence-corrected chi connectivity index (χ1v) is 8.78. The lowest BCUT2D eigenvalue weighted by Crippen LogP contribution is -2.22. The van der Waals surface area contributed by atoms with Gasteiger partial charge in [0.15, 0.2) is 5.82 Å². The molecule has 1 saturated heterocycles. The maximum absolute atomic E-state index is 11.7. The Bertz CT molecular complexity index is 1030. The highest BCUT2D eigenvalue weighted by Gasteiger charge is 2.30. The summed E-state index contributed by atoms with van der Waals surface area (Å²) in [5, 5.41) is 29.0. The van der Waals surface area contributed by atoms with Gasteiger partial charge in [0.1, 0.15) is 0 Å². The second-order valence-electron chi connectivity index (χ2n) is 6.59. The predicted molar refractivity (Wildman–Crippen MR) is 101 cm³/mol. The van der Waals surface area contributed by atoms with Gasteiger partial charge in [0, 0.05) is 31.1 Å². The number of nitro benzene ring substituents is 1. The average molecular weight is 379 g/mol. The van der Waals surface area contributed by atoms with E-state index in [1.807, 2.05) is 23.1 Å². The van der Waals surface area contributed by atoms with Crippen LogP contribution >= 0.6 is 0 Å². The Morgan fingerprint density at radius 2 is 1.93 bits per heavy atom. The minimum atomic E-state index is -1.19. The minimum Gasteiger partial charge on any atom is -0.476 e. The number of aromatic carboxylic acids is 1. The molecule has 0 spiro atoms. The summed E-state index contributed by atoms with van der Waals surface area (Å²) in [5.74, 6) is -0.627. The molecule has 1 aliphatic rings. The minimum absolute atomic E-state index is 0.112. The number of carbonyl (C=O) groups is 1. The summed E-state index contributed by atoms with van der Waals surface area (Å²) >= 11 is 0. The molecule has 0 amide bonds. The van der Waals surface area contributed by atoms with E-state index in [1.165, 1.54) is 23.8 Å². The number of hydrogen-bond donors (Lipinski definition) is 1. The third-order valence-corrected chi connectivity index (χ3v) is 4.83. The van der Waals surface area contributed by atoms with Gasteiger partial charge in [-0.2, -0.15) is 0 Å². The van der Waals surface area contributed by atoms with Crippen molar-refractivity contribution >= 4 is 17.5 Å². The molecular weight excluding hydrogens is 362 g/mol. The maximum Gasteiger partial charge on any atom is 0.360 e. The molecule has 2 aromatic carbocycles. The van der Waals surface area contributed by atoms with Gasteiger partial charge in [-0.3, -0.25) is 10.1 Å². The number of aromatic nitrogens is 3. The van der Waals surface area contributed by atoms with Gasteiger partial charge < -0.3 is 10.0 Å². The molecule has 0 radical (unpaired) electrons. The molecule has 1 aliphatic heterocycles. The van der Waals surface area contributed by atoms with Crippen molar-refractivity contribution in [1.29, 1.82) is 0 Å². The first-order valence-electron chi connectivity index (χ1n) is 8.78. The van der Waals surface area contributed by atoms with Gasteiger partial charge in [-0.05, 0) is 18.1 Å². The van der Waals surface area contributed by atoms with E-state index >= 15 is 0 Å². The van der Waals surface area contributed by atoms with Crippen LogP contribution in [0.25, 0.3) is 5.69 Å². The predicted octanol–water partition coefficient (Wildman–Crippen LogP) is 2.87. The molecule has 28 heavy (non-hydrogen) atoms. The number of benzene rings is 2. The molecule has 2 heterocycles. The van der Waals surface area contributed by atoms with Crippen molar-refractivity contribution < 1.29 is 14.8 Å². The molecule has 142 valence electrons. The molecule has 9 heteroatoms. The molecule has 1 N–H and O–H groups in total. The number of carboxylic acids is 1. The first-order chi connectivity index (χ1) is 13.5. The summed E-state index contributed by atoms with van der Waals surface area (Å²) in [6.07, 6.45) is 0.882. The van der Waals surface area contributed by atoms with Crippen molar-refractivity contribution in [3.63, 3.8) is 0 Å². The summed E-state index contributed by atoms with van der Waals surface area (Å²) in [4.78, 5) is 25.2. The Balaban J connectivity index is 1.66. The van der Waals surface area contributed by atoms with Crippen molar-refractivity contribution in [1.82, 2.24) is 15.0 Å². The van der Waals surface area contributed by atoms with Crippen LogP contribution in [-0.2, 0) is 0 Å². The molecule has 1 aromatic heterocycles. The highest BCUT2D eigenvalue weighted by molar-refractivity contribution is 5.91. The van der Waals surface area contributed by atoms with Crippen molar-refractivity contribution in [2.24, 2.45) is 0 Å². The van der Waals surface area contributed by atoms with Gasteiger partial charge >= 0.3 is 5.97 Å². The summed E-state index contributed by atoms with van der Waals surface area (Å²) in [5.41, 5.74) is 1.26. The molecule has 4 rings (SSSR count). The Morgan fingerprint density at radius 1 is 1.14 bits per heavy atom. The van der Waals surface area contributed by atoms with Gasteiger partial charge in [-0.1, -0.05) is 36.4 Å². The molecular formula is C19H17N5O4. The van der Waals surface area contributed by atoms with Crippen LogP contribution in [0.4, 0.5) is 11.5 Å². The van der Waals surface area contributed by atoms with Crippen LogP contribution in [0.5, 0.6) is 0 Å². The van der Waals surface area contributed by atoms with Crippen LogP contribution in [0.15, 0.2) is 54.6 Å². The second-order valence-corrected chi connectivity index (χ2v) is 6.59. The van der Waals surface area contributed by atoms with Crippen LogP contribution in [-0.4, -0.2) is 44.1 Å². The van der Waals surface area contributed by atoms with Crippen molar-refractivity contribution in [2.75, 3.05) is 18.0 Å². The third-order valence-electron chi connectivity index (χ3n) is 4.83. The molecule has 0 bridgehead atoms. The fourth-order valence-corrected chi connectivity index (χ4v) is 3.45. The average Bonchev–Trinajstić information content (AvgIpc) is 3.36. The zero-order chi connectivity index (χ0) is 19.7. The molecule has 0 saturated carbocycles. The van der Waals surface area contributed by atoms with E-state index in [9.17, 15) is 20.0 Å². The second kappa shape index (κ2) is 7.10. The van der Waals surface area contributed by atoms with Crippen LogP contribution in [0.3, 0.4) is 0 Å². The first kappa shape index (κ1) is 17.7. The van der Waals surface area contributed by atoms with Gasteiger partial charge in [-0.15, -0.1) is 15.0 Å². The quantitative estimate of drug-likeness (QED) is 0.535. The standard InChI is InChI=1S/C19H17N5O4/c25-19(26)17-18(22-10-9-14(12-22)13-5-2-1-3-6-13)21-23(20-17)15-7-4-8-16(11-15)24(27)28/h1-8,11,14H,9-10,12H2,(H,25,26). The lowest BCUT2D eigenvalue weighted by molar-refractivity contribution is -0.384. The Morgan fingerprint density at radius 3 is 2.64 bits per heavy atom. The summed E-state index contributed by atoms with van der Waals surface area (Å²) in [6.45, 7) is 1.30. The number of rotatable bonds is 5. The Kier molecular flexibility index (Phi) is 4.48. The van der Waals surface area contributed by atoms with Crippen LogP contribution < -0.4 is 4.90 Å². The number of hydrogen-bond acceptors (Lipinski definition) is 6. The number of nitro groups is 1. The van der Waals surface area contributed by atoms with E-state index in [-0.39, 0.29) is 23.1 Å². The number of carboxylic acid groups (broad SMARTS) is 1. The van der Waals surface area contributed by atoms with Crippen LogP contribution in [0.1, 0.15) is 28.4 Å². The van der Waals surface area contributed by atoms with Gasteiger partial charge in [0.25, 0.3) is 5.69 Å². The number of nitrogens with zero attached hydrogens (tertiary/aromatic N) is 5. The van der Waals surface area contributed by atoms with Crippen molar-refractivity contribution in [3.05, 3.63) is 76.0 Å². The summed E-state index contributed by atoms with van der Waals surface area (Å²) < 4.78 is 0. The Hall–Kier alpha value is -3.75.